The number of fused-ring (bicyclic) bond motifs is 1. The molecule has 5 rings (SSSR count). The number of benzene rings is 3. The average Bonchev–Trinajstić information content (AvgIpc) is 2.99. The van der Waals surface area contributed by atoms with Gasteiger partial charge in [0.05, 0.1) is 23.7 Å². The number of carbonyl (C=O) groups is 1. The van der Waals surface area contributed by atoms with Crippen molar-refractivity contribution in [3.05, 3.63) is 91.9 Å². The van der Waals surface area contributed by atoms with Crippen molar-refractivity contribution in [2.45, 2.75) is 44.9 Å². The van der Waals surface area contributed by atoms with Gasteiger partial charge >= 0.3 is 0 Å². The second-order valence-corrected chi connectivity index (χ2v) is 11.1. The molecule has 0 spiro atoms. The summed E-state index contributed by atoms with van der Waals surface area (Å²) < 4.78 is 13.7. The summed E-state index contributed by atoms with van der Waals surface area (Å²) in [5, 5.41) is 8.52. The number of anilines is 1. The van der Waals surface area contributed by atoms with Gasteiger partial charge in [-0.15, -0.1) is 0 Å². The molecule has 1 heterocycles. The number of para-hydroxylation sites is 1. The lowest BCUT2D eigenvalue weighted by Crippen LogP contribution is -2.25. The number of ether oxygens (including phenoxy) is 2. The van der Waals surface area contributed by atoms with Crippen molar-refractivity contribution in [3.63, 3.8) is 0 Å². The molecule has 1 N–H and O–H groups in total. The van der Waals surface area contributed by atoms with Gasteiger partial charge in [0.25, 0.3) is 11.5 Å². The summed E-state index contributed by atoms with van der Waals surface area (Å²) in [6.07, 6.45) is 7.00. The van der Waals surface area contributed by atoms with Gasteiger partial charge in [0.1, 0.15) is 5.82 Å². The maximum atomic E-state index is 13.5. The molecule has 41 heavy (non-hydrogen) atoms. The SMILES string of the molecule is CCOc1cc(C=Nn2c(C3CCCCC3)nc3ccccc3c2=O)c(Br)cc1OCC(=O)Nc1ccc(Cl)cc1. The van der Waals surface area contributed by atoms with E-state index in [0.29, 0.717) is 55.6 Å². The van der Waals surface area contributed by atoms with Gasteiger partial charge in [-0.2, -0.15) is 9.78 Å². The summed E-state index contributed by atoms with van der Waals surface area (Å²) >= 11 is 9.49. The van der Waals surface area contributed by atoms with Gasteiger partial charge in [0.15, 0.2) is 18.1 Å². The van der Waals surface area contributed by atoms with Crippen LogP contribution in [0, 0.1) is 0 Å². The number of carbonyl (C=O) groups excluding carboxylic acids is 1. The summed E-state index contributed by atoms with van der Waals surface area (Å²) in [7, 11) is 0. The third-order valence-electron chi connectivity index (χ3n) is 6.91. The molecule has 0 bridgehead atoms. The standard InChI is InChI=1S/C31H30BrClN4O4/c1-2-40-27-16-21(25(32)17-28(27)41-19-29(38)35-23-14-12-22(33)13-15-23)18-34-37-30(20-8-4-3-5-9-20)36-26-11-7-6-10-24(26)31(37)39/h6-7,10-18,20H,2-5,8-9,19H2,1H3,(H,35,38). The fourth-order valence-electron chi connectivity index (χ4n) is 4.90. The molecule has 4 aromatic rings. The maximum Gasteiger partial charge on any atom is 0.282 e. The molecule has 1 fully saturated rings. The Morgan fingerprint density at radius 1 is 1.10 bits per heavy atom. The van der Waals surface area contributed by atoms with Crippen LogP contribution in [0.3, 0.4) is 0 Å². The number of hydrogen-bond acceptors (Lipinski definition) is 6. The molecule has 0 atom stereocenters. The third-order valence-corrected chi connectivity index (χ3v) is 7.85. The summed E-state index contributed by atoms with van der Waals surface area (Å²) in [4.78, 5) is 30.9. The van der Waals surface area contributed by atoms with Crippen molar-refractivity contribution < 1.29 is 14.3 Å². The van der Waals surface area contributed by atoms with Gasteiger partial charge in [0, 0.05) is 26.7 Å². The number of rotatable bonds is 9. The first-order chi connectivity index (χ1) is 19.9. The largest absolute Gasteiger partial charge is 0.490 e. The third kappa shape index (κ3) is 6.97. The van der Waals surface area contributed by atoms with Crippen molar-refractivity contribution >= 4 is 56.2 Å². The van der Waals surface area contributed by atoms with E-state index in [1.165, 1.54) is 11.1 Å². The number of hydrogen-bond donors (Lipinski definition) is 1. The van der Waals surface area contributed by atoms with Crippen LogP contribution >= 0.6 is 27.5 Å². The molecule has 0 radical (unpaired) electrons. The highest BCUT2D eigenvalue weighted by atomic mass is 79.9. The lowest BCUT2D eigenvalue weighted by molar-refractivity contribution is -0.118. The van der Waals surface area contributed by atoms with Gasteiger partial charge in [-0.05, 0) is 84.2 Å². The minimum Gasteiger partial charge on any atom is -0.490 e. The predicted octanol–water partition coefficient (Wildman–Crippen LogP) is 7.16. The molecule has 1 amide bonds. The Labute approximate surface area is 251 Å². The van der Waals surface area contributed by atoms with E-state index in [9.17, 15) is 9.59 Å². The Morgan fingerprint density at radius 3 is 2.59 bits per heavy atom. The zero-order valence-electron chi connectivity index (χ0n) is 22.6. The lowest BCUT2D eigenvalue weighted by atomic mass is 9.88. The van der Waals surface area contributed by atoms with E-state index in [4.69, 9.17) is 26.1 Å². The molecule has 0 aliphatic heterocycles. The van der Waals surface area contributed by atoms with Crippen LogP contribution in [0.15, 0.2) is 75.0 Å². The van der Waals surface area contributed by atoms with Crippen LogP contribution in [0.2, 0.25) is 5.02 Å². The molecular weight excluding hydrogens is 608 g/mol. The highest BCUT2D eigenvalue weighted by Gasteiger charge is 2.22. The van der Waals surface area contributed by atoms with Gasteiger partial charge < -0.3 is 14.8 Å². The molecule has 1 saturated carbocycles. The molecule has 8 nitrogen and oxygen atoms in total. The Balaban J connectivity index is 1.41. The molecule has 0 saturated heterocycles. The van der Waals surface area contributed by atoms with Crippen LogP contribution in [0.25, 0.3) is 10.9 Å². The summed E-state index contributed by atoms with van der Waals surface area (Å²) in [6.45, 7) is 2.04. The first-order valence-electron chi connectivity index (χ1n) is 13.6. The Bertz CT molecular complexity index is 1630. The molecule has 0 unspecified atom stereocenters. The van der Waals surface area contributed by atoms with Crippen LogP contribution in [0.1, 0.15) is 56.3 Å². The summed E-state index contributed by atoms with van der Waals surface area (Å²) in [5.41, 5.74) is 1.79. The molecule has 3 aromatic carbocycles. The maximum absolute atomic E-state index is 13.5. The average molecular weight is 638 g/mol. The molecule has 212 valence electrons. The molecule has 1 aliphatic carbocycles. The second-order valence-electron chi connectivity index (χ2n) is 9.78. The number of aromatic nitrogens is 2. The minimum atomic E-state index is -0.324. The Kier molecular flexibility index (Phi) is 9.36. The zero-order chi connectivity index (χ0) is 28.8. The normalized spacial score (nSPS) is 13.9. The van der Waals surface area contributed by atoms with Gasteiger partial charge in [0.2, 0.25) is 0 Å². The fraction of sp³-hybridized carbons (Fsp3) is 0.290. The Hall–Kier alpha value is -3.69. The van der Waals surface area contributed by atoms with E-state index >= 15 is 0 Å². The van der Waals surface area contributed by atoms with E-state index in [0.717, 1.165) is 25.7 Å². The van der Waals surface area contributed by atoms with E-state index < -0.39 is 0 Å². The number of nitrogens with zero attached hydrogens (tertiary/aromatic N) is 3. The van der Waals surface area contributed by atoms with Crippen molar-refractivity contribution in [2.75, 3.05) is 18.5 Å². The van der Waals surface area contributed by atoms with Crippen molar-refractivity contribution in [2.24, 2.45) is 5.10 Å². The van der Waals surface area contributed by atoms with E-state index in [-0.39, 0.29) is 24.0 Å². The van der Waals surface area contributed by atoms with Crippen LogP contribution in [0.4, 0.5) is 5.69 Å². The van der Waals surface area contributed by atoms with Crippen LogP contribution in [0.5, 0.6) is 11.5 Å². The molecule has 1 aromatic heterocycles. The molecular formula is C31H30BrClN4O4. The van der Waals surface area contributed by atoms with Crippen LogP contribution in [-0.2, 0) is 4.79 Å². The van der Waals surface area contributed by atoms with Crippen LogP contribution in [-0.4, -0.2) is 35.0 Å². The van der Waals surface area contributed by atoms with E-state index in [1.54, 1.807) is 48.7 Å². The zero-order valence-corrected chi connectivity index (χ0v) is 25.0. The highest BCUT2D eigenvalue weighted by molar-refractivity contribution is 9.10. The van der Waals surface area contributed by atoms with E-state index in [2.05, 4.69) is 26.3 Å². The smallest absolute Gasteiger partial charge is 0.282 e. The first kappa shape index (κ1) is 28.8. The predicted molar refractivity (Wildman–Crippen MR) is 166 cm³/mol. The van der Waals surface area contributed by atoms with Gasteiger partial charge in [-0.25, -0.2) is 4.98 Å². The topological polar surface area (TPSA) is 94.8 Å². The molecule has 1 aliphatic rings. The highest BCUT2D eigenvalue weighted by Crippen LogP contribution is 2.34. The van der Waals surface area contributed by atoms with Crippen molar-refractivity contribution in [3.8, 4) is 11.5 Å². The first-order valence-corrected chi connectivity index (χ1v) is 14.8. The van der Waals surface area contributed by atoms with Crippen molar-refractivity contribution in [1.29, 1.82) is 0 Å². The number of amides is 1. The quantitative estimate of drug-likeness (QED) is 0.197. The van der Waals surface area contributed by atoms with Gasteiger partial charge in [-0.3, -0.25) is 9.59 Å². The summed E-state index contributed by atoms with van der Waals surface area (Å²) in [5.74, 6) is 1.39. The van der Waals surface area contributed by atoms with Crippen molar-refractivity contribution in [1.82, 2.24) is 9.66 Å². The number of halogens is 2. The fourth-order valence-corrected chi connectivity index (χ4v) is 5.45. The van der Waals surface area contributed by atoms with Crippen LogP contribution < -0.4 is 20.3 Å². The monoisotopic (exact) mass is 636 g/mol. The molecule has 10 heteroatoms. The van der Waals surface area contributed by atoms with E-state index in [1.807, 2.05) is 25.1 Å². The second kappa shape index (κ2) is 13.3. The summed E-state index contributed by atoms with van der Waals surface area (Å²) in [6, 6.07) is 17.7. The minimum absolute atomic E-state index is 0.176. The van der Waals surface area contributed by atoms with Gasteiger partial charge in [-0.1, -0.05) is 43.0 Å². The Morgan fingerprint density at radius 2 is 1.83 bits per heavy atom. The number of nitrogens with one attached hydrogen (secondary N) is 1. The lowest BCUT2D eigenvalue weighted by Gasteiger charge is -2.22.